The van der Waals surface area contributed by atoms with Crippen LogP contribution in [0.5, 0.6) is 0 Å². The van der Waals surface area contributed by atoms with E-state index in [-0.39, 0.29) is 12.5 Å². The Morgan fingerprint density at radius 3 is 2.88 bits per heavy atom. The zero-order valence-corrected chi connectivity index (χ0v) is 15.4. The highest BCUT2D eigenvalue weighted by atomic mass is 32.1. The zero-order chi connectivity index (χ0) is 18.4. The second-order valence-electron chi connectivity index (χ2n) is 5.93. The maximum atomic E-state index is 12.5. The Morgan fingerprint density at radius 1 is 1.35 bits per heavy atom. The molecule has 0 unspecified atom stereocenters. The number of esters is 1. The fourth-order valence-corrected chi connectivity index (χ4v) is 3.30. The molecule has 26 heavy (non-hydrogen) atoms. The van der Waals surface area contributed by atoms with E-state index in [0.717, 1.165) is 5.56 Å². The van der Waals surface area contributed by atoms with Gasteiger partial charge in [0.25, 0.3) is 5.91 Å². The lowest BCUT2D eigenvalue weighted by Crippen LogP contribution is -2.38. The van der Waals surface area contributed by atoms with Crippen molar-refractivity contribution in [2.24, 2.45) is 0 Å². The Morgan fingerprint density at radius 2 is 2.15 bits per heavy atom. The van der Waals surface area contributed by atoms with Crippen LogP contribution in [-0.4, -0.2) is 61.7 Å². The molecular formula is C18H21N3O4S. The molecule has 0 radical (unpaired) electrons. The van der Waals surface area contributed by atoms with Crippen LogP contribution in [0.25, 0.3) is 0 Å². The number of morpholine rings is 1. The monoisotopic (exact) mass is 375 g/mol. The van der Waals surface area contributed by atoms with Gasteiger partial charge < -0.3 is 19.3 Å². The first kappa shape index (κ1) is 18.3. The van der Waals surface area contributed by atoms with Crippen LogP contribution in [0.15, 0.2) is 35.2 Å². The van der Waals surface area contributed by atoms with Gasteiger partial charge in [0.05, 0.1) is 13.2 Å². The molecule has 1 amide bonds. The number of amides is 1. The summed E-state index contributed by atoms with van der Waals surface area (Å²) in [6, 6.07) is 5.31. The Bertz CT molecular complexity index is 745. The maximum Gasteiger partial charge on any atom is 0.342 e. The normalized spacial score (nSPS) is 14.1. The molecule has 1 fully saturated rings. The Labute approximate surface area is 156 Å². The number of ether oxygens (including phenoxy) is 2. The molecule has 0 aliphatic carbocycles. The molecule has 7 nitrogen and oxygen atoms in total. The van der Waals surface area contributed by atoms with Crippen molar-refractivity contribution in [3.8, 4) is 0 Å². The van der Waals surface area contributed by atoms with Gasteiger partial charge in [0, 0.05) is 32.9 Å². The summed E-state index contributed by atoms with van der Waals surface area (Å²) in [4.78, 5) is 32.5. The summed E-state index contributed by atoms with van der Waals surface area (Å²) in [7, 11) is 1.69. The van der Waals surface area contributed by atoms with Gasteiger partial charge in [0.1, 0.15) is 11.4 Å². The molecule has 3 rings (SSSR count). The molecule has 138 valence electrons. The predicted octanol–water partition coefficient (Wildman–Crippen LogP) is 1.80. The molecule has 0 spiro atoms. The lowest BCUT2D eigenvalue weighted by Gasteiger charge is -2.28. The maximum absolute atomic E-state index is 12.5. The topological polar surface area (TPSA) is 72.0 Å². The van der Waals surface area contributed by atoms with Crippen LogP contribution in [-0.2, 0) is 20.8 Å². The molecule has 8 heteroatoms. The van der Waals surface area contributed by atoms with E-state index in [1.807, 2.05) is 21.7 Å². The standard InChI is InChI=1S/C18H21N3O4S/c1-20(11-14-4-10-26-13-14)16(22)12-25-18(23)15-3-2-5-19-17(15)21-6-8-24-9-7-21/h2-5,10,13H,6-9,11-12H2,1H3. The molecule has 0 aromatic carbocycles. The zero-order valence-electron chi connectivity index (χ0n) is 14.6. The fourth-order valence-electron chi connectivity index (χ4n) is 2.64. The summed E-state index contributed by atoms with van der Waals surface area (Å²) in [5.41, 5.74) is 1.42. The molecule has 1 aliphatic rings. The van der Waals surface area contributed by atoms with Crippen molar-refractivity contribution in [1.29, 1.82) is 0 Å². The van der Waals surface area contributed by atoms with Gasteiger partial charge in [-0.3, -0.25) is 4.79 Å². The highest BCUT2D eigenvalue weighted by Crippen LogP contribution is 2.19. The molecule has 0 saturated carbocycles. The second-order valence-corrected chi connectivity index (χ2v) is 6.71. The molecule has 0 N–H and O–H groups in total. The van der Waals surface area contributed by atoms with Crippen LogP contribution >= 0.6 is 11.3 Å². The van der Waals surface area contributed by atoms with Crippen LogP contribution in [0.2, 0.25) is 0 Å². The SMILES string of the molecule is CN(Cc1ccsc1)C(=O)COC(=O)c1cccnc1N1CCOCC1. The third-order valence-corrected chi connectivity index (χ3v) is 4.80. The van der Waals surface area contributed by atoms with Crippen LogP contribution in [0.3, 0.4) is 0 Å². The molecular weight excluding hydrogens is 354 g/mol. The van der Waals surface area contributed by atoms with Crippen LogP contribution < -0.4 is 4.90 Å². The molecule has 1 aliphatic heterocycles. The first-order chi connectivity index (χ1) is 12.6. The lowest BCUT2D eigenvalue weighted by molar-refractivity contribution is -0.133. The van der Waals surface area contributed by atoms with E-state index < -0.39 is 5.97 Å². The average Bonchev–Trinajstić information content (AvgIpc) is 3.19. The minimum Gasteiger partial charge on any atom is -0.452 e. The van der Waals surface area contributed by atoms with E-state index in [1.54, 1.807) is 41.6 Å². The van der Waals surface area contributed by atoms with Crippen LogP contribution in [0.4, 0.5) is 5.82 Å². The van der Waals surface area contributed by atoms with Gasteiger partial charge in [-0.15, -0.1) is 0 Å². The first-order valence-corrected chi connectivity index (χ1v) is 9.29. The lowest BCUT2D eigenvalue weighted by atomic mass is 10.2. The van der Waals surface area contributed by atoms with Crippen molar-refractivity contribution < 1.29 is 19.1 Å². The van der Waals surface area contributed by atoms with E-state index >= 15 is 0 Å². The van der Waals surface area contributed by atoms with Crippen molar-refractivity contribution in [2.45, 2.75) is 6.54 Å². The van der Waals surface area contributed by atoms with E-state index in [4.69, 9.17) is 9.47 Å². The first-order valence-electron chi connectivity index (χ1n) is 8.35. The Hall–Kier alpha value is -2.45. The third-order valence-electron chi connectivity index (χ3n) is 4.07. The molecule has 2 aromatic heterocycles. The minimum absolute atomic E-state index is 0.249. The number of rotatable bonds is 6. The Balaban J connectivity index is 1.58. The fraction of sp³-hybridized carbons (Fsp3) is 0.389. The van der Waals surface area contributed by atoms with Crippen molar-refractivity contribution >= 4 is 29.0 Å². The number of thiophene rings is 1. The van der Waals surface area contributed by atoms with Crippen molar-refractivity contribution in [3.05, 3.63) is 46.3 Å². The van der Waals surface area contributed by atoms with Gasteiger partial charge in [-0.05, 0) is 34.5 Å². The van der Waals surface area contributed by atoms with E-state index in [1.165, 1.54) is 0 Å². The molecule has 3 heterocycles. The van der Waals surface area contributed by atoms with Gasteiger partial charge in [0.15, 0.2) is 6.61 Å². The number of hydrogen-bond acceptors (Lipinski definition) is 7. The minimum atomic E-state index is -0.545. The van der Waals surface area contributed by atoms with Crippen molar-refractivity contribution in [1.82, 2.24) is 9.88 Å². The number of hydrogen-bond donors (Lipinski definition) is 0. The Kier molecular flexibility index (Phi) is 6.19. The van der Waals surface area contributed by atoms with Crippen LogP contribution in [0.1, 0.15) is 15.9 Å². The summed E-state index contributed by atoms with van der Waals surface area (Å²) < 4.78 is 10.6. The van der Waals surface area contributed by atoms with Gasteiger partial charge in [-0.25, -0.2) is 9.78 Å². The van der Waals surface area contributed by atoms with E-state index in [9.17, 15) is 9.59 Å². The number of likely N-dealkylation sites (N-methyl/N-ethyl adjacent to an activating group) is 1. The molecule has 0 bridgehead atoms. The van der Waals surface area contributed by atoms with Gasteiger partial charge in [0.2, 0.25) is 0 Å². The second kappa shape index (κ2) is 8.77. The number of aromatic nitrogens is 1. The smallest absolute Gasteiger partial charge is 0.342 e. The van der Waals surface area contributed by atoms with Gasteiger partial charge in [-0.1, -0.05) is 0 Å². The van der Waals surface area contributed by atoms with Crippen LogP contribution in [0, 0.1) is 0 Å². The quantitative estimate of drug-likeness (QED) is 0.717. The van der Waals surface area contributed by atoms with Crippen molar-refractivity contribution in [3.63, 3.8) is 0 Å². The summed E-state index contributed by atoms with van der Waals surface area (Å²) in [5.74, 6) is -0.224. The number of nitrogens with zero attached hydrogens (tertiary/aromatic N) is 3. The summed E-state index contributed by atoms with van der Waals surface area (Å²) in [6.07, 6.45) is 1.64. The number of pyridine rings is 1. The molecule has 0 atom stereocenters. The number of carbonyl (C=O) groups is 2. The highest BCUT2D eigenvalue weighted by molar-refractivity contribution is 7.07. The summed E-state index contributed by atoms with van der Waals surface area (Å²) in [6.45, 7) is 2.72. The van der Waals surface area contributed by atoms with Gasteiger partial charge >= 0.3 is 5.97 Å². The van der Waals surface area contributed by atoms with E-state index in [2.05, 4.69) is 4.98 Å². The largest absolute Gasteiger partial charge is 0.452 e. The van der Waals surface area contributed by atoms with Gasteiger partial charge in [-0.2, -0.15) is 11.3 Å². The summed E-state index contributed by atoms with van der Waals surface area (Å²) in [5, 5.41) is 3.95. The van der Waals surface area contributed by atoms with E-state index in [0.29, 0.717) is 44.2 Å². The number of carbonyl (C=O) groups excluding carboxylic acids is 2. The molecule has 1 saturated heterocycles. The third kappa shape index (κ3) is 4.59. The predicted molar refractivity (Wildman–Crippen MR) is 98.3 cm³/mol. The molecule has 2 aromatic rings. The van der Waals surface area contributed by atoms with Crippen molar-refractivity contribution in [2.75, 3.05) is 44.9 Å². The number of anilines is 1. The highest BCUT2D eigenvalue weighted by Gasteiger charge is 2.22. The average molecular weight is 375 g/mol. The summed E-state index contributed by atoms with van der Waals surface area (Å²) >= 11 is 1.58.